The van der Waals surface area contributed by atoms with E-state index in [-0.39, 0.29) is 36.2 Å². The molecule has 1 aliphatic heterocycles. The van der Waals surface area contributed by atoms with Gasteiger partial charge in [-0.1, -0.05) is 48.5 Å². The van der Waals surface area contributed by atoms with Gasteiger partial charge in [-0.25, -0.2) is 9.37 Å². The molecule has 2 aliphatic rings. The molecule has 0 bridgehead atoms. The molecule has 1 saturated carbocycles. The number of fused-ring (bicyclic) bond motifs is 1. The molecule has 0 saturated heterocycles. The third-order valence-electron chi connectivity index (χ3n) is 7.16. The van der Waals surface area contributed by atoms with Crippen LogP contribution in [0.3, 0.4) is 0 Å². The Morgan fingerprint density at radius 1 is 1.05 bits per heavy atom. The summed E-state index contributed by atoms with van der Waals surface area (Å²) in [6.45, 7) is 1.26. The number of hydrogen-bond donors (Lipinski definition) is 1. The zero-order valence-corrected chi connectivity index (χ0v) is 22.1. The summed E-state index contributed by atoms with van der Waals surface area (Å²) in [5, 5.41) is 5.31. The van der Waals surface area contributed by atoms with E-state index in [0.717, 1.165) is 41.5 Å². The van der Waals surface area contributed by atoms with Gasteiger partial charge in [0.2, 0.25) is 5.91 Å². The van der Waals surface area contributed by atoms with Crippen molar-refractivity contribution in [2.45, 2.75) is 38.5 Å². The zero-order chi connectivity index (χ0) is 26.8. The molecule has 39 heavy (non-hydrogen) atoms. The molecule has 3 aromatic carbocycles. The van der Waals surface area contributed by atoms with E-state index in [9.17, 15) is 14.0 Å². The lowest BCUT2D eigenvalue weighted by atomic mass is 9.87. The lowest BCUT2D eigenvalue weighted by Gasteiger charge is -2.38. The van der Waals surface area contributed by atoms with Crippen LogP contribution in [0.1, 0.15) is 56.6 Å². The smallest absolute Gasteiger partial charge is 0.271 e. The number of aromatic nitrogens is 1. The summed E-state index contributed by atoms with van der Waals surface area (Å²) in [5.41, 5.74) is 4.22. The number of nitrogens with zero attached hydrogens (tertiary/aromatic N) is 2. The van der Waals surface area contributed by atoms with Crippen molar-refractivity contribution in [1.82, 2.24) is 15.2 Å². The minimum atomic E-state index is -0.360. The molecule has 4 aromatic rings. The van der Waals surface area contributed by atoms with Gasteiger partial charge < -0.3 is 15.0 Å². The number of hydrogen-bond acceptors (Lipinski definition) is 5. The van der Waals surface area contributed by atoms with Gasteiger partial charge in [0.15, 0.2) is 0 Å². The van der Waals surface area contributed by atoms with Crippen molar-refractivity contribution < 1.29 is 18.7 Å². The van der Waals surface area contributed by atoms with Crippen LogP contribution in [-0.2, 0) is 24.4 Å². The number of amides is 2. The Kier molecular flexibility index (Phi) is 7.11. The topological polar surface area (TPSA) is 71.5 Å². The first-order valence-corrected chi connectivity index (χ1v) is 14.0. The van der Waals surface area contributed by atoms with Crippen molar-refractivity contribution in [3.63, 3.8) is 0 Å². The normalized spacial score (nSPS) is 16.4. The van der Waals surface area contributed by atoms with Gasteiger partial charge in [0, 0.05) is 24.4 Å². The van der Waals surface area contributed by atoms with Crippen molar-refractivity contribution in [2.75, 3.05) is 6.54 Å². The second-order valence-electron chi connectivity index (χ2n) is 9.96. The van der Waals surface area contributed by atoms with Crippen LogP contribution in [-0.4, -0.2) is 28.2 Å². The van der Waals surface area contributed by atoms with E-state index in [1.165, 1.54) is 23.5 Å². The Morgan fingerprint density at radius 2 is 1.90 bits per heavy atom. The minimum Gasteiger partial charge on any atom is -0.486 e. The zero-order valence-electron chi connectivity index (χ0n) is 21.3. The van der Waals surface area contributed by atoms with Gasteiger partial charge in [0.05, 0.1) is 6.04 Å². The number of rotatable bonds is 8. The average molecular weight is 542 g/mol. The summed E-state index contributed by atoms with van der Waals surface area (Å²) >= 11 is 1.37. The molecule has 6 rings (SSSR count). The number of halogens is 1. The average Bonchev–Trinajstić information content (AvgIpc) is 3.71. The Labute approximate surface area is 230 Å². The third kappa shape index (κ3) is 5.71. The van der Waals surface area contributed by atoms with Crippen molar-refractivity contribution in [1.29, 1.82) is 0 Å². The monoisotopic (exact) mass is 541 g/mol. The molecule has 8 heteroatoms. The van der Waals surface area contributed by atoms with Gasteiger partial charge in [-0.05, 0) is 65.8 Å². The van der Waals surface area contributed by atoms with E-state index >= 15 is 0 Å². The first-order chi connectivity index (χ1) is 19.0. The van der Waals surface area contributed by atoms with Gasteiger partial charge in [-0.3, -0.25) is 9.59 Å². The maximum absolute atomic E-state index is 14.2. The molecule has 6 nitrogen and oxygen atoms in total. The minimum absolute atomic E-state index is 0.0750. The highest BCUT2D eigenvalue weighted by atomic mass is 32.1. The molecular formula is C31H28FN3O3S. The van der Waals surface area contributed by atoms with Crippen LogP contribution in [0.25, 0.3) is 0 Å². The van der Waals surface area contributed by atoms with Crippen molar-refractivity contribution >= 4 is 23.2 Å². The van der Waals surface area contributed by atoms with Crippen LogP contribution in [0.5, 0.6) is 5.75 Å². The molecule has 1 aliphatic carbocycles. The Bertz CT molecular complexity index is 1500. The Hall–Kier alpha value is -4.04. The summed E-state index contributed by atoms with van der Waals surface area (Å²) in [6.07, 6.45) is 2.58. The first-order valence-electron chi connectivity index (χ1n) is 13.1. The van der Waals surface area contributed by atoms with E-state index in [0.29, 0.717) is 29.5 Å². The summed E-state index contributed by atoms with van der Waals surface area (Å²) in [5.74, 6) is 0.306. The molecule has 2 amide bonds. The van der Waals surface area contributed by atoms with E-state index in [2.05, 4.69) is 10.3 Å². The molecule has 0 spiro atoms. The van der Waals surface area contributed by atoms with E-state index in [1.807, 2.05) is 59.5 Å². The molecule has 1 aromatic heterocycles. The number of carbonyl (C=O) groups is 2. The molecule has 1 atom stereocenters. The highest BCUT2D eigenvalue weighted by Gasteiger charge is 2.39. The Morgan fingerprint density at radius 3 is 2.69 bits per heavy atom. The lowest BCUT2D eigenvalue weighted by Crippen LogP contribution is -2.41. The maximum Gasteiger partial charge on any atom is 0.271 e. The number of ether oxygens (including phenoxy) is 1. The maximum atomic E-state index is 14.2. The summed E-state index contributed by atoms with van der Waals surface area (Å²) < 4.78 is 20.3. The van der Waals surface area contributed by atoms with Gasteiger partial charge in [0.25, 0.3) is 5.91 Å². The number of benzene rings is 3. The van der Waals surface area contributed by atoms with Crippen LogP contribution in [0.15, 0.2) is 78.2 Å². The van der Waals surface area contributed by atoms with Crippen LogP contribution < -0.4 is 10.1 Å². The van der Waals surface area contributed by atoms with Crippen LogP contribution in [0.2, 0.25) is 0 Å². The predicted molar refractivity (Wildman–Crippen MR) is 147 cm³/mol. The van der Waals surface area contributed by atoms with Gasteiger partial charge in [-0.15, -0.1) is 11.3 Å². The van der Waals surface area contributed by atoms with Crippen molar-refractivity contribution in [3.8, 4) is 5.75 Å². The molecule has 198 valence electrons. The lowest BCUT2D eigenvalue weighted by molar-refractivity contribution is -0.134. The fraction of sp³-hybridized carbons (Fsp3) is 0.258. The van der Waals surface area contributed by atoms with Gasteiger partial charge in [0.1, 0.15) is 28.9 Å². The van der Waals surface area contributed by atoms with E-state index in [1.54, 1.807) is 11.4 Å². The largest absolute Gasteiger partial charge is 0.486 e. The van der Waals surface area contributed by atoms with Crippen LogP contribution in [0.4, 0.5) is 4.39 Å². The number of thiazole rings is 1. The molecular weight excluding hydrogens is 513 g/mol. The van der Waals surface area contributed by atoms with Gasteiger partial charge >= 0.3 is 0 Å². The highest BCUT2D eigenvalue weighted by Crippen LogP contribution is 2.41. The van der Waals surface area contributed by atoms with E-state index in [4.69, 9.17) is 4.74 Å². The Balaban J connectivity index is 1.17. The molecule has 2 heterocycles. The fourth-order valence-electron chi connectivity index (χ4n) is 5.02. The molecule has 1 fully saturated rings. The second-order valence-corrected chi connectivity index (χ2v) is 10.9. The quantitative estimate of drug-likeness (QED) is 0.312. The van der Waals surface area contributed by atoms with Gasteiger partial charge in [-0.2, -0.15) is 0 Å². The standard InChI is InChI=1S/C31H28FN3O3S/c32-24-8-4-7-23(15-24)29-26-16-25(12-11-21(26)13-14-35(29)31(37)22-9-10-22)38-18-28-34-27(19-39-28)30(36)33-17-20-5-2-1-3-6-20/h1-8,11-12,15-16,19,22,29H,9-10,13-14,17-18H2,(H,33,36). The summed E-state index contributed by atoms with van der Waals surface area (Å²) in [7, 11) is 0. The molecule has 1 N–H and O–H groups in total. The second kappa shape index (κ2) is 11.0. The third-order valence-corrected chi connectivity index (χ3v) is 7.98. The van der Waals surface area contributed by atoms with Crippen LogP contribution in [0, 0.1) is 11.7 Å². The number of nitrogens with one attached hydrogen (secondary N) is 1. The number of carbonyl (C=O) groups excluding carboxylic acids is 2. The SMILES string of the molecule is O=C(NCc1ccccc1)c1csc(COc2ccc3c(c2)C(c2cccc(F)c2)N(C(=O)C2CC2)CC3)n1. The van der Waals surface area contributed by atoms with E-state index < -0.39 is 0 Å². The van der Waals surface area contributed by atoms with Crippen molar-refractivity contribution in [2.24, 2.45) is 5.92 Å². The summed E-state index contributed by atoms with van der Waals surface area (Å²) in [6, 6.07) is 21.8. The van der Waals surface area contributed by atoms with Crippen LogP contribution >= 0.6 is 11.3 Å². The van der Waals surface area contributed by atoms with Crippen molar-refractivity contribution in [3.05, 3.63) is 117 Å². The molecule has 0 radical (unpaired) electrons. The molecule has 1 unspecified atom stereocenters. The predicted octanol–water partition coefficient (Wildman–Crippen LogP) is 5.68. The highest BCUT2D eigenvalue weighted by molar-refractivity contribution is 7.09. The summed E-state index contributed by atoms with van der Waals surface area (Å²) in [4.78, 5) is 32.1. The fourth-order valence-corrected chi connectivity index (χ4v) is 5.70. The first kappa shape index (κ1) is 25.2.